The number of hydrogen-bond acceptors (Lipinski definition) is 4. The smallest absolute Gasteiger partial charge is 0.271 e. The lowest BCUT2D eigenvalue weighted by molar-refractivity contribution is 0.0948. The minimum absolute atomic E-state index is 0.0468. The van der Waals surface area contributed by atoms with E-state index in [0.717, 1.165) is 22.4 Å². The topological polar surface area (TPSA) is 81.1 Å². The number of rotatable bonds is 6. The van der Waals surface area contributed by atoms with E-state index in [0.29, 0.717) is 24.4 Å². The summed E-state index contributed by atoms with van der Waals surface area (Å²) in [4.78, 5) is 12.8. The van der Waals surface area contributed by atoms with Crippen molar-refractivity contribution in [2.24, 2.45) is 0 Å². The second-order valence-corrected chi connectivity index (χ2v) is 10.6. The highest BCUT2D eigenvalue weighted by Crippen LogP contribution is 2.30. The van der Waals surface area contributed by atoms with Crippen molar-refractivity contribution in [1.29, 1.82) is 0 Å². The normalized spacial score (nSPS) is 17.5. The van der Waals surface area contributed by atoms with Crippen LogP contribution in [0.2, 0.25) is 5.02 Å². The third-order valence-electron chi connectivity index (χ3n) is 5.48. The highest BCUT2D eigenvalue weighted by atomic mass is 35.5. The number of carbonyl (C=O) groups is 1. The van der Waals surface area contributed by atoms with Gasteiger partial charge in [0.25, 0.3) is 5.91 Å². The van der Waals surface area contributed by atoms with E-state index in [-0.39, 0.29) is 29.1 Å². The maximum absolute atomic E-state index is 12.8. The summed E-state index contributed by atoms with van der Waals surface area (Å²) in [6.07, 6.45) is 1.18. The van der Waals surface area contributed by atoms with Gasteiger partial charge in [-0.2, -0.15) is 5.10 Å². The molecule has 162 valence electrons. The van der Waals surface area contributed by atoms with Crippen molar-refractivity contribution in [1.82, 2.24) is 15.1 Å². The van der Waals surface area contributed by atoms with Crippen LogP contribution in [-0.4, -0.2) is 42.2 Å². The number of sulfone groups is 1. The molecule has 1 aliphatic heterocycles. The van der Waals surface area contributed by atoms with E-state index in [1.54, 1.807) is 10.7 Å². The van der Waals surface area contributed by atoms with Crippen LogP contribution in [0.15, 0.2) is 54.6 Å². The minimum atomic E-state index is -3.08. The molecule has 1 amide bonds. The highest BCUT2D eigenvalue weighted by Gasteiger charge is 2.32. The molecule has 0 aliphatic carbocycles. The van der Waals surface area contributed by atoms with Crippen LogP contribution in [-0.2, 0) is 16.3 Å². The minimum Gasteiger partial charge on any atom is -0.350 e. The Hall–Kier alpha value is -2.64. The Labute approximate surface area is 187 Å². The maximum Gasteiger partial charge on any atom is 0.271 e. The van der Waals surface area contributed by atoms with Crippen LogP contribution < -0.4 is 5.32 Å². The Morgan fingerprint density at radius 1 is 1.16 bits per heavy atom. The number of carbonyl (C=O) groups excluding carboxylic acids is 1. The largest absolute Gasteiger partial charge is 0.350 e. The molecule has 0 saturated carbocycles. The number of nitrogens with zero attached hydrogens (tertiary/aromatic N) is 2. The molecule has 8 heteroatoms. The molecule has 1 N–H and O–H groups in total. The van der Waals surface area contributed by atoms with Gasteiger partial charge in [0, 0.05) is 11.6 Å². The zero-order chi connectivity index (χ0) is 22.0. The summed E-state index contributed by atoms with van der Waals surface area (Å²) in [5, 5.41) is 8.10. The third-order valence-corrected chi connectivity index (χ3v) is 7.48. The number of halogens is 1. The molecule has 0 unspecified atom stereocenters. The van der Waals surface area contributed by atoms with E-state index in [1.807, 2.05) is 55.5 Å². The molecule has 0 bridgehead atoms. The first-order valence-electron chi connectivity index (χ1n) is 10.2. The van der Waals surface area contributed by atoms with Gasteiger partial charge in [-0.25, -0.2) is 8.42 Å². The van der Waals surface area contributed by atoms with Gasteiger partial charge in [0.2, 0.25) is 0 Å². The molecular weight excluding hydrogens is 434 g/mol. The summed E-state index contributed by atoms with van der Waals surface area (Å²) < 4.78 is 25.7. The molecule has 2 aromatic carbocycles. The first kappa shape index (κ1) is 21.6. The predicted octanol–water partition coefficient (Wildman–Crippen LogP) is 3.84. The molecule has 1 atom stereocenters. The van der Waals surface area contributed by atoms with Crippen LogP contribution in [0.4, 0.5) is 0 Å². The SMILES string of the molecule is Cc1ccc(-c2cc(C(=O)NCCc3ccc(Cl)cc3)nn2[C@@H]2CCS(=O)(=O)C2)cc1. The number of amides is 1. The fraction of sp³-hybridized carbons (Fsp3) is 0.304. The van der Waals surface area contributed by atoms with Gasteiger partial charge in [-0.05, 0) is 49.1 Å². The Balaban J connectivity index is 1.54. The number of aromatic nitrogens is 2. The Morgan fingerprint density at radius 2 is 1.87 bits per heavy atom. The van der Waals surface area contributed by atoms with Crippen molar-refractivity contribution in [2.45, 2.75) is 25.8 Å². The number of benzene rings is 2. The fourth-order valence-corrected chi connectivity index (χ4v) is 5.57. The number of aryl methyl sites for hydroxylation is 1. The molecule has 0 radical (unpaired) electrons. The lowest BCUT2D eigenvalue weighted by Crippen LogP contribution is -2.26. The average molecular weight is 458 g/mol. The Morgan fingerprint density at radius 3 is 2.52 bits per heavy atom. The summed E-state index contributed by atoms with van der Waals surface area (Å²) >= 11 is 5.91. The van der Waals surface area contributed by atoms with Crippen molar-refractivity contribution >= 4 is 27.3 Å². The van der Waals surface area contributed by atoms with Crippen molar-refractivity contribution in [3.63, 3.8) is 0 Å². The molecule has 3 aromatic rings. The molecule has 6 nitrogen and oxygen atoms in total. The van der Waals surface area contributed by atoms with Gasteiger partial charge < -0.3 is 5.32 Å². The molecule has 2 heterocycles. The van der Waals surface area contributed by atoms with E-state index in [1.165, 1.54) is 0 Å². The summed E-state index contributed by atoms with van der Waals surface area (Å²) in [6, 6.07) is 16.9. The maximum atomic E-state index is 12.8. The third kappa shape index (κ3) is 5.17. The molecule has 0 spiro atoms. The average Bonchev–Trinajstić information content (AvgIpc) is 3.33. The van der Waals surface area contributed by atoms with Gasteiger partial charge in [0.1, 0.15) is 0 Å². The Bertz CT molecular complexity index is 1190. The molecule has 1 aromatic heterocycles. The van der Waals surface area contributed by atoms with Gasteiger partial charge in [-0.15, -0.1) is 0 Å². The monoisotopic (exact) mass is 457 g/mol. The summed E-state index contributed by atoms with van der Waals surface area (Å²) in [7, 11) is -3.08. The van der Waals surface area contributed by atoms with Gasteiger partial charge in [0.05, 0.1) is 23.2 Å². The van der Waals surface area contributed by atoms with E-state index < -0.39 is 9.84 Å². The molecule has 1 saturated heterocycles. The summed E-state index contributed by atoms with van der Waals surface area (Å²) in [5.74, 6) is -0.0829. The zero-order valence-electron chi connectivity index (χ0n) is 17.2. The Kier molecular flexibility index (Phi) is 6.16. The quantitative estimate of drug-likeness (QED) is 0.609. The van der Waals surface area contributed by atoms with Crippen LogP contribution in [0.3, 0.4) is 0 Å². The lowest BCUT2D eigenvalue weighted by atomic mass is 10.1. The molecule has 1 aliphatic rings. The predicted molar refractivity (Wildman–Crippen MR) is 122 cm³/mol. The van der Waals surface area contributed by atoms with Crippen LogP contribution in [0.25, 0.3) is 11.3 Å². The summed E-state index contributed by atoms with van der Waals surface area (Å²) in [5.41, 5.74) is 4.15. The van der Waals surface area contributed by atoms with Gasteiger partial charge in [-0.3, -0.25) is 9.48 Å². The van der Waals surface area contributed by atoms with Crippen LogP contribution in [0.1, 0.15) is 34.1 Å². The van der Waals surface area contributed by atoms with Crippen molar-refractivity contribution in [2.75, 3.05) is 18.1 Å². The second kappa shape index (κ2) is 8.85. The molecular formula is C23H24ClN3O3S. The second-order valence-electron chi connectivity index (χ2n) is 7.91. The van der Waals surface area contributed by atoms with E-state index in [9.17, 15) is 13.2 Å². The first-order chi connectivity index (χ1) is 14.8. The van der Waals surface area contributed by atoms with E-state index in [4.69, 9.17) is 11.6 Å². The van der Waals surface area contributed by atoms with E-state index in [2.05, 4.69) is 10.4 Å². The first-order valence-corrected chi connectivity index (χ1v) is 12.4. The molecule has 1 fully saturated rings. The summed E-state index contributed by atoms with van der Waals surface area (Å²) in [6.45, 7) is 2.47. The van der Waals surface area contributed by atoms with Gasteiger partial charge in [-0.1, -0.05) is 53.6 Å². The van der Waals surface area contributed by atoms with Crippen LogP contribution in [0.5, 0.6) is 0 Å². The lowest BCUT2D eigenvalue weighted by Gasteiger charge is -2.13. The van der Waals surface area contributed by atoms with E-state index >= 15 is 0 Å². The van der Waals surface area contributed by atoms with Crippen LogP contribution in [0, 0.1) is 6.92 Å². The number of hydrogen-bond donors (Lipinski definition) is 1. The van der Waals surface area contributed by atoms with Gasteiger partial charge in [0.15, 0.2) is 15.5 Å². The molecule has 31 heavy (non-hydrogen) atoms. The standard InChI is InChI=1S/C23H24ClN3O3S/c1-16-2-6-18(7-3-16)22-14-21(26-27(22)20-11-13-31(29,30)15-20)23(28)25-12-10-17-4-8-19(24)9-5-17/h2-9,14,20H,10-13,15H2,1H3,(H,25,28)/t20-/m1/s1. The van der Waals surface area contributed by atoms with Gasteiger partial charge >= 0.3 is 0 Å². The fourth-order valence-electron chi connectivity index (χ4n) is 3.75. The van der Waals surface area contributed by atoms with Crippen LogP contribution >= 0.6 is 11.6 Å². The molecule has 4 rings (SSSR count). The highest BCUT2D eigenvalue weighted by molar-refractivity contribution is 7.91. The zero-order valence-corrected chi connectivity index (χ0v) is 18.8. The van der Waals surface area contributed by atoms with Crippen molar-refractivity contribution in [3.05, 3.63) is 76.4 Å². The van der Waals surface area contributed by atoms with Crippen molar-refractivity contribution in [3.8, 4) is 11.3 Å². The number of nitrogens with one attached hydrogen (secondary N) is 1. The van der Waals surface area contributed by atoms with Crippen molar-refractivity contribution < 1.29 is 13.2 Å².